The van der Waals surface area contributed by atoms with Crippen molar-refractivity contribution in [2.45, 2.75) is 26.9 Å². The van der Waals surface area contributed by atoms with Crippen LogP contribution in [0.2, 0.25) is 0 Å². The van der Waals surface area contributed by atoms with Crippen molar-refractivity contribution in [3.63, 3.8) is 0 Å². The van der Waals surface area contributed by atoms with E-state index < -0.39 is 5.69 Å². The van der Waals surface area contributed by atoms with E-state index in [9.17, 15) is 14.4 Å². The second-order valence-electron chi connectivity index (χ2n) is 7.90. The SMILES string of the molecule is Cc1ccc(-n2c(=O)c3sccc3n(CC(=O)NCc3ccc4c(c3)OCO4)c2=O)c(C)c1. The molecule has 1 N–H and O–H groups in total. The van der Waals surface area contributed by atoms with E-state index >= 15 is 0 Å². The maximum absolute atomic E-state index is 13.4. The minimum absolute atomic E-state index is 0.181. The van der Waals surface area contributed by atoms with Crippen LogP contribution < -0.4 is 26.0 Å². The van der Waals surface area contributed by atoms with Crippen LogP contribution in [0.25, 0.3) is 15.9 Å². The Labute approximate surface area is 192 Å². The Morgan fingerprint density at radius 2 is 1.88 bits per heavy atom. The molecule has 0 unspecified atom stereocenters. The second kappa shape index (κ2) is 8.25. The van der Waals surface area contributed by atoms with E-state index in [0.29, 0.717) is 27.4 Å². The molecular weight excluding hydrogens is 442 g/mol. The molecule has 8 nitrogen and oxygen atoms in total. The molecule has 1 aliphatic rings. The summed E-state index contributed by atoms with van der Waals surface area (Å²) in [5, 5.41) is 4.59. The molecule has 0 atom stereocenters. The van der Waals surface area contributed by atoms with Crippen LogP contribution in [0.4, 0.5) is 0 Å². The van der Waals surface area contributed by atoms with Gasteiger partial charge < -0.3 is 14.8 Å². The zero-order chi connectivity index (χ0) is 23.1. The fourth-order valence-electron chi connectivity index (χ4n) is 3.96. The van der Waals surface area contributed by atoms with Crippen molar-refractivity contribution >= 4 is 27.5 Å². The van der Waals surface area contributed by atoms with Gasteiger partial charge in [0.15, 0.2) is 11.5 Å². The first-order valence-electron chi connectivity index (χ1n) is 10.4. The molecule has 2 aromatic carbocycles. The molecule has 4 aromatic rings. The van der Waals surface area contributed by atoms with E-state index in [-0.39, 0.29) is 31.3 Å². The first kappa shape index (κ1) is 21.0. The fourth-order valence-corrected chi connectivity index (χ4v) is 4.78. The molecule has 0 fully saturated rings. The minimum atomic E-state index is -0.545. The quantitative estimate of drug-likeness (QED) is 0.492. The molecule has 0 saturated carbocycles. The van der Waals surface area contributed by atoms with Crippen LogP contribution in [0.15, 0.2) is 57.4 Å². The van der Waals surface area contributed by atoms with Gasteiger partial charge in [0.25, 0.3) is 5.56 Å². The number of thiophene rings is 1. The summed E-state index contributed by atoms with van der Waals surface area (Å²) in [5.74, 6) is 0.969. The van der Waals surface area contributed by atoms with E-state index in [2.05, 4.69) is 5.32 Å². The second-order valence-corrected chi connectivity index (χ2v) is 8.81. The van der Waals surface area contributed by atoms with Crippen molar-refractivity contribution in [3.05, 3.63) is 85.4 Å². The zero-order valence-corrected chi connectivity index (χ0v) is 18.9. The predicted octanol–water partition coefficient (Wildman–Crippen LogP) is 2.88. The van der Waals surface area contributed by atoms with Gasteiger partial charge in [0.05, 0.1) is 11.2 Å². The third kappa shape index (κ3) is 3.80. The highest BCUT2D eigenvalue weighted by Gasteiger charge is 2.19. The van der Waals surface area contributed by atoms with E-state index in [1.54, 1.807) is 23.6 Å². The first-order valence-corrected chi connectivity index (χ1v) is 11.3. The summed E-state index contributed by atoms with van der Waals surface area (Å²) < 4.78 is 13.6. The zero-order valence-electron chi connectivity index (χ0n) is 18.1. The number of carbonyl (C=O) groups excluding carboxylic acids is 1. The molecular formula is C24H21N3O5S. The Kier molecular flexibility index (Phi) is 5.26. The van der Waals surface area contributed by atoms with Crippen molar-refractivity contribution in [1.82, 2.24) is 14.5 Å². The van der Waals surface area contributed by atoms with Gasteiger partial charge in [-0.25, -0.2) is 9.36 Å². The molecule has 1 aliphatic heterocycles. The van der Waals surface area contributed by atoms with Gasteiger partial charge in [0.1, 0.15) is 11.2 Å². The number of rotatable bonds is 5. The molecule has 3 heterocycles. The van der Waals surface area contributed by atoms with E-state index in [1.807, 2.05) is 38.1 Å². The van der Waals surface area contributed by atoms with Gasteiger partial charge in [-0.05, 0) is 54.6 Å². The number of aromatic nitrogens is 2. The Morgan fingerprint density at radius 3 is 2.70 bits per heavy atom. The number of ether oxygens (including phenoxy) is 2. The molecule has 0 spiro atoms. The number of hydrogen-bond donors (Lipinski definition) is 1. The highest BCUT2D eigenvalue weighted by Crippen LogP contribution is 2.32. The smallest absolute Gasteiger partial charge is 0.336 e. The van der Waals surface area contributed by atoms with Gasteiger partial charge in [-0.1, -0.05) is 23.8 Å². The molecule has 0 radical (unpaired) electrons. The average Bonchev–Trinajstić information content (AvgIpc) is 3.46. The van der Waals surface area contributed by atoms with Crippen LogP contribution in [0.3, 0.4) is 0 Å². The summed E-state index contributed by atoms with van der Waals surface area (Å²) in [4.78, 5) is 39.3. The summed E-state index contributed by atoms with van der Waals surface area (Å²) in [7, 11) is 0. The molecule has 33 heavy (non-hydrogen) atoms. The standard InChI is InChI=1S/C24H21N3O5S/c1-14-3-5-17(15(2)9-14)27-23(29)22-18(7-8-33-22)26(24(27)30)12-21(28)25-11-16-4-6-19-20(10-16)32-13-31-19/h3-10H,11-13H2,1-2H3,(H,25,28). The van der Waals surface area contributed by atoms with Crippen LogP contribution in [-0.4, -0.2) is 21.8 Å². The van der Waals surface area contributed by atoms with Crippen molar-refractivity contribution in [3.8, 4) is 17.2 Å². The van der Waals surface area contributed by atoms with Gasteiger partial charge in [0, 0.05) is 6.54 Å². The molecule has 2 aromatic heterocycles. The van der Waals surface area contributed by atoms with Crippen molar-refractivity contribution < 1.29 is 14.3 Å². The Hall–Kier alpha value is -3.85. The van der Waals surface area contributed by atoms with Crippen molar-refractivity contribution in [2.75, 3.05) is 6.79 Å². The summed E-state index contributed by atoms with van der Waals surface area (Å²) in [6.07, 6.45) is 0. The van der Waals surface area contributed by atoms with Crippen molar-refractivity contribution in [1.29, 1.82) is 0 Å². The van der Waals surface area contributed by atoms with Crippen LogP contribution in [0.1, 0.15) is 16.7 Å². The average molecular weight is 464 g/mol. The lowest BCUT2D eigenvalue weighted by Crippen LogP contribution is -2.41. The number of hydrogen-bond acceptors (Lipinski definition) is 6. The Balaban J connectivity index is 1.46. The van der Waals surface area contributed by atoms with E-state index in [4.69, 9.17) is 9.47 Å². The number of benzene rings is 2. The maximum atomic E-state index is 13.4. The highest BCUT2D eigenvalue weighted by molar-refractivity contribution is 7.17. The lowest BCUT2D eigenvalue weighted by Gasteiger charge is -2.14. The number of fused-ring (bicyclic) bond motifs is 2. The molecule has 9 heteroatoms. The normalized spacial score (nSPS) is 12.3. The summed E-state index contributed by atoms with van der Waals surface area (Å²) in [6, 6.07) is 12.7. The molecule has 5 rings (SSSR count). The van der Waals surface area contributed by atoms with E-state index in [1.165, 1.54) is 15.9 Å². The van der Waals surface area contributed by atoms with Gasteiger partial charge in [-0.15, -0.1) is 11.3 Å². The van der Waals surface area contributed by atoms with Gasteiger partial charge in [-0.2, -0.15) is 0 Å². The molecule has 0 bridgehead atoms. The molecule has 1 amide bonds. The number of amides is 1. The van der Waals surface area contributed by atoms with Crippen LogP contribution >= 0.6 is 11.3 Å². The first-order chi connectivity index (χ1) is 15.9. The van der Waals surface area contributed by atoms with Crippen LogP contribution in [-0.2, 0) is 17.9 Å². The largest absolute Gasteiger partial charge is 0.454 e. The summed E-state index contributed by atoms with van der Waals surface area (Å²) in [6.45, 7) is 4.05. The monoisotopic (exact) mass is 463 g/mol. The lowest BCUT2D eigenvalue weighted by atomic mass is 10.1. The van der Waals surface area contributed by atoms with Gasteiger partial charge in [0.2, 0.25) is 12.7 Å². The fraction of sp³-hybridized carbons (Fsp3) is 0.208. The summed E-state index contributed by atoms with van der Waals surface area (Å²) >= 11 is 1.25. The predicted molar refractivity (Wildman–Crippen MR) is 126 cm³/mol. The van der Waals surface area contributed by atoms with Crippen LogP contribution in [0.5, 0.6) is 11.5 Å². The van der Waals surface area contributed by atoms with Crippen molar-refractivity contribution in [2.24, 2.45) is 0 Å². The van der Waals surface area contributed by atoms with Gasteiger partial charge in [-0.3, -0.25) is 14.2 Å². The Bertz CT molecular complexity index is 1520. The Morgan fingerprint density at radius 1 is 1.06 bits per heavy atom. The number of carbonyl (C=O) groups is 1. The molecule has 0 aliphatic carbocycles. The van der Waals surface area contributed by atoms with E-state index in [0.717, 1.165) is 21.3 Å². The number of nitrogens with zero attached hydrogens (tertiary/aromatic N) is 2. The minimum Gasteiger partial charge on any atom is -0.454 e. The number of aryl methyl sites for hydroxylation is 2. The third-order valence-corrected chi connectivity index (χ3v) is 6.47. The molecule has 168 valence electrons. The summed E-state index contributed by atoms with van der Waals surface area (Å²) in [5.41, 5.74) is 2.73. The lowest BCUT2D eigenvalue weighted by molar-refractivity contribution is -0.121. The topological polar surface area (TPSA) is 91.6 Å². The van der Waals surface area contributed by atoms with Gasteiger partial charge >= 0.3 is 5.69 Å². The third-order valence-electron chi connectivity index (χ3n) is 5.58. The molecule has 0 saturated heterocycles. The number of nitrogens with one attached hydrogen (secondary N) is 1. The highest BCUT2D eigenvalue weighted by atomic mass is 32.1. The maximum Gasteiger partial charge on any atom is 0.336 e. The van der Waals surface area contributed by atoms with Crippen LogP contribution in [0, 0.1) is 13.8 Å².